The Morgan fingerprint density at radius 3 is 2.31 bits per heavy atom. The van der Waals surface area contributed by atoms with E-state index in [1.54, 1.807) is 7.05 Å². The van der Waals surface area contributed by atoms with E-state index in [0.717, 1.165) is 38.8 Å². The second-order valence-electron chi connectivity index (χ2n) is 11.9. The number of aromatic nitrogens is 2. The predicted octanol–water partition coefficient (Wildman–Crippen LogP) is 2.56. The van der Waals surface area contributed by atoms with Crippen LogP contribution < -0.4 is 15.7 Å². The Hall–Kier alpha value is -3.34. The summed E-state index contributed by atoms with van der Waals surface area (Å²) in [5.74, 6) is -0.132. The number of para-hydroxylation sites is 1. The molecule has 1 aromatic heterocycles. The molecule has 1 aromatic carbocycles. The highest BCUT2D eigenvalue weighted by Crippen LogP contribution is 2.31. The third-order valence-corrected chi connectivity index (χ3v) is 7.99. The average molecular weight is 542 g/mol. The van der Waals surface area contributed by atoms with Crippen molar-refractivity contribution in [2.75, 3.05) is 26.2 Å². The highest BCUT2D eigenvalue weighted by molar-refractivity contribution is 6.00. The lowest BCUT2D eigenvalue weighted by molar-refractivity contribution is -0.135. The fourth-order valence-corrected chi connectivity index (χ4v) is 6.01. The molecule has 11 heteroatoms. The Kier molecular flexibility index (Phi) is 7.45. The van der Waals surface area contributed by atoms with E-state index in [1.165, 1.54) is 9.13 Å². The van der Waals surface area contributed by atoms with Gasteiger partial charge in [-0.25, -0.2) is 9.59 Å². The van der Waals surface area contributed by atoms with Crippen molar-refractivity contribution in [3.63, 3.8) is 0 Å². The van der Waals surface area contributed by atoms with E-state index >= 15 is 0 Å². The predicted molar refractivity (Wildman–Crippen MR) is 145 cm³/mol. The van der Waals surface area contributed by atoms with Crippen LogP contribution in [0.2, 0.25) is 0 Å². The fourth-order valence-electron chi connectivity index (χ4n) is 6.01. The number of carbonyl (C=O) groups is 3. The number of fused-ring (bicyclic) bond motifs is 1. The van der Waals surface area contributed by atoms with Gasteiger partial charge >= 0.3 is 11.8 Å². The van der Waals surface area contributed by atoms with Gasteiger partial charge in [0.05, 0.1) is 5.52 Å². The van der Waals surface area contributed by atoms with Crippen LogP contribution in [0.1, 0.15) is 65.3 Å². The number of carbonyl (C=O) groups excluding carboxylic acids is 3. The minimum atomic E-state index is -0.723. The number of amides is 3. The van der Waals surface area contributed by atoms with Gasteiger partial charge < -0.3 is 14.4 Å². The minimum Gasteiger partial charge on any atom is -0.488 e. The van der Waals surface area contributed by atoms with Crippen LogP contribution in [0.4, 0.5) is 4.79 Å². The third-order valence-electron chi connectivity index (χ3n) is 7.99. The lowest BCUT2D eigenvalue weighted by atomic mass is 9.99. The van der Waals surface area contributed by atoms with E-state index in [1.807, 2.05) is 43.9 Å². The number of hydrogen-bond donors (Lipinski definition) is 1. The number of imidazole rings is 1. The largest absolute Gasteiger partial charge is 0.488 e. The summed E-state index contributed by atoms with van der Waals surface area (Å²) >= 11 is 0. The van der Waals surface area contributed by atoms with Crippen LogP contribution in [-0.2, 0) is 21.4 Å². The van der Waals surface area contributed by atoms with Gasteiger partial charge in [-0.15, -0.1) is 0 Å². The summed E-state index contributed by atoms with van der Waals surface area (Å²) in [6.07, 6.45) is 3.87. The Bertz CT molecular complexity index is 1310. The van der Waals surface area contributed by atoms with E-state index in [0.29, 0.717) is 42.3 Å². The first kappa shape index (κ1) is 27.2. The molecule has 11 nitrogen and oxygen atoms in total. The Morgan fingerprint density at radius 2 is 1.67 bits per heavy atom. The van der Waals surface area contributed by atoms with Crippen molar-refractivity contribution in [2.45, 2.75) is 83.1 Å². The summed E-state index contributed by atoms with van der Waals surface area (Å²) in [5.41, 5.74) is 0.496. The van der Waals surface area contributed by atoms with Crippen molar-refractivity contribution < 1.29 is 23.9 Å². The molecule has 1 N–H and O–H groups in total. The van der Waals surface area contributed by atoms with Gasteiger partial charge in [-0.05, 0) is 65.0 Å². The molecular weight excluding hydrogens is 502 g/mol. The maximum atomic E-state index is 13.2. The van der Waals surface area contributed by atoms with E-state index in [4.69, 9.17) is 9.47 Å². The van der Waals surface area contributed by atoms with E-state index in [9.17, 15) is 19.2 Å². The molecule has 39 heavy (non-hydrogen) atoms. The molecule has 0 spiro atoms. The molecule has 0 bridgehead atoms. The summed E-state index contributed by atoms with van der Waals surface area (Å²) in [5, 5.41) is 2.35. The number of imide groups is 1. The monoisotopic (exact) mass is 541 g/mol. The molecule has 3 amide bonds. The van der Waals surface area contributed by atoms with Crippen LogP contribution in [0.5, 0.6) is 5.75 Å². The van der Waals surface area contributed by atoms with Crippen molar-refractivity contribution in [3.8, 4) is 5.75 Å². The van der Waals surface area contributed by atoms with E-state index in [-0.39, 0.29) is 30.2 Å². The smallest absolute Gasteiger partial charge is 0.410 e. The van der Waals surface area contributed by atoms with Crippen LogP contribution in [0.25, 0.3) is 11.0 Å². The molecule has 5 rings (SSSR count). The Balaban J connectivity index is 1.21. The van der Waals surface area contributed by atoms with Crippen LogP contribution in [0, 0.1) is 0 Å². The molecule has 212 valence electrons. The van der Waals surface area contributed by atoms with Crippen LogP contribution in [0.15, 0.2) is 23.0 Å². The molecule has 0 radical (unpaired) electrons. The molecule has 1 unspecified atom stereocenters. The third kappa shape index (κ3) is 5.68. The van der Waals surface area contributed by atoms with Crippen molar-refractivity contribution in [1.82, 2.24) is 24.3 Å². The molecular formula is C28H39N5O6. The van der Waals surface area contributed by atoms with Gasteiger partial charge in [-0.2, -0.15) is 0 Å². The maximum Gasteiger partial charge on any atom is 0.410 e. The number of aryl methyl sites for hydroxylation is 1. The SMILES string of the molecule is Cn1c(=O)n(C2CCC(=O)NC2=O)c2cccc(OC3CCN(C4CCN(C(=O)OC(C)(C)C)CC4)CC3)c21. The van der Waals surface area contributed by atoms with Crippen molar-refractivity contribution in [1.29, 1.82) is 0 Å². The van der Waals surface area contributed by atoms with Gasteiger partial charge in [0.1, 0.15) is 29.0 Å². The van der Waals surface area contributed by atoms with Crippen molar-refractivity contribution in [3.05, 3.63) is 28.7 Å². The van der Waals surface area contributed by atoms with Gasteiger partial charge in [-0.1, -0.05) is 6.07 Å². The number of hydrogen-bond acceptors (Lipinski definition) is 7. The number of piperidine rings is 3. The van der Waals surface area contributed by atoms with Crippen molar-refractivity contribution in [2.24, 2.45) is 7.05 Å². The average Bonchev–Trinajstić information content (AvgIpc) is 3.14. The summed E-state index contributed by atoms with van der Waals surface area (Å²) in [7, 11) is 1.69. The molecule has 4 heterocycles. The first-order valence-electron chi connectivity index (χ1n) is 13.9. The summed E-state index contributed by atoms with van der Waals surface area (Å²) in [6, 6.07) is 5.25. The first-order valence-corrected chi connectivity index (χ1v) is 13.9. The zero-order chi connectivity index (χ0) is 27.9. The molecule has 0 aliphatic carbocycles. The lowest BCUT2D eigenvalue weighted by Gasteiger charge is -2.41. The lowest BCUT2D eigenvalue weighted by Crippen LogP contribution is -2.50. The normalized spacial score (nSPS) is 22.3. The van der Waals surface area contributed by atoms with Crippen molar-refractivity contribution >= 4 is 28.9 Å². The molecule has 0 saturated carbocycles. The second kappa shape index (κ2) is 10.7. The van der Waals surface area contributed by atoms with E-state index < -0.39 is 17.6 Å². The minimum absolute atomic E-state index is 0.0164. The summed E-state index contributed by atoms with van der Waals surface area (Å²) in [4.78, 5) is 54.0. The highest BCUT2D eigenvalue weighted by atomic mass is 16.6. The molecule has 2 aromatic rings. The molecule has 3 aliphatic heterocycles. The standard InChI is InChI=1S/C28H39N5O6/c1-28(2,3)39-27(37)32-14-10-18(11-15-32)31-16-12-19(13-17-31)38-22-7-5-6-20-24(22)30(4)26(36)33(20)21-8-9-23(34)29-25(21)35/h5-7,18-19,21H,8-17H2,1-4H3,(H,29,34,35). The first-order chi connectivity index (χ1) is 18.5. The topological polar surface area (TPSA) is 115 Å². The fraction of sp³-hybridized carbons (Fsp3) is 0.643. The second-order valence-corrected chi connectivity index (χ2v) is 11.9. The quantitative estimate of drug-likeness (QED) is 0.592. The highest BCUT2D eigenvalue weighted by Gasteiger charge is 2.34. The van der Waals surface area contributed by atoms with Gasteiger partial charge in [0, 0.05) is 45.7 Å². The number of rotatable bonds is 4. The molecule has 3 saturated heterocycles. The van der Waals surface area contributed by atoms with Crippen LogP contribution in [0.3, 0.4) is 0 Å². The maximum absolute atomic E-state index is 13.2. The molecule has 3 fully saturated rings. The zero-order valence-electron chi connectivity index (χ0n) is 23.3. The van der Waals surface area contributed by atoms with Gasteiger partial charge in [0.25, 0.3) is 0 Å². The number of benzene rings is 1. The number of nitrogens with zero attached hydrogens (tertiary/aromatic N) is 4. The Labute approximate surface area is 228 Å². The summed E-state index contributed by atoms with van der Waals surface area (Å²) < 4.78 is 15.0. The van der Waals surface area contributed by atoms with Gasteiger partial charge in [0.15, 0.2) is 0 Å². The Morgan fingerprint density at radius 1 is 0.974 bits per heavy atom. The zero-order valence-corrected chi connectivity index (χ0v) is 23.3. The molecule has 1 atom stereocenters. The van der Waals surface area contributed by atoms with Crippen LogP contribution >= 0.6 is 0 Å². The van der Waals surface area contributed by atoms with Gasteiger partial charge in [-0.3, -0.25) is 28.9 Å². The molecule has 3 aliphatic rings. The van der Waals surface area contributed by atoms with Crippen LogP contribution in [-0.4, -0.2) is 80.8 Å². The van der Waals surface area contributed by atoms with E-state index in [2.05, 4.69) is 10.2 Å². The number of ether oxygens (including phenoxy) is 2. The summed E-state index contributed by atoms with van der Waals surface area (Å²) in [6.45, 7) is 8.89. The van der Waals surface area contributed by atoms with Gasteiger partial charge in [0.2, 0.25) is 11.8 Å². The number of nitrogens with one attached hydrogen (secondary N) is 1. The number of likely N-dealkylation sites (tertiary alicyclic amines) is 2.